The van der Waals surface area contributed by atoms with Crippen LogP contribution in [0.4, 0.5) is 0 Å². The lowest BCUT2D eigenvalue weighted by Gasteiger charge is -1.93. The van der Waals surface area contributed by atoms with Crippen molar-refractivity contribution >= 4 is 5.91 Å². The lowest BCUT2D eigenvalue weighted by atomic mass is 10.4. The third kappa shape index (κ3) is 1.31. The maximum atomic E-state index is 10.8. The van der Waals surface area contributed by atoms with Gasteiger partial charge in [-0.2, -0.15) is 0 Å². The summed E-state index contributed by atoms with van der Waals surface area (Å²) in [6.45, 7) is 2.41. The van der Waals surface area contributed by atoms with Crippen LogP contribution in [-0.4, -0.2) is 27.9 Å². The van der Waals surface area contributed by atoms with E-state index in [2.05, 4.69) is 26.9 Å². The van der Waals surface area contributed by atoms with Crippen LogP contribution in [0.5, 0.6) is 0 Å². The van der Waals surface area contributed by atoms with Crippen LogP contribution >= 0.6 is 0 Å². The third-order valence-electron chi connectivity index (χ3n) is 0.927. The van der Waals surface area contributed by atoms with Crippen LogP contribution in [0, 0.1) is 6.20 Å². The molecule has 1 aromatic heterocycles. The number of H-pyrrole nitrogens is 1. The Morgan fingerprint density at radius 2 is 2.70 bits per heavy atom. The molecule has 53 valence electrons. The lowest BCUT2D eigenvalue weighted by molar-refractivity contribution is 0.0950. The summed E-state index contributed by atoms with van der Waals surface area (Å²) < 4.78 is 0. The second-order valence-electron chi connectivity index (χ2n) is 1.64. The Kier molecular flexibility index (Phi) is 1.99. The van der Waals surface area contributed by atoms with Gasteiger partial charge < -0.3 is 5.32 Å². The Balaban J connectivity index is 2.59. The average molecular weight is 139 g/mol. The SMILES string of the molecule is CCNC(=O)c1[c][nH]nn1. The molecule has 0 fully saturated rings. The third-order valence-corrected chi connectivity index (χ3v) is 0.927. The van der Waals surface area contributed by atoms with E-state index >= 15 is 0 Å². The molecule has 0 aromatic carbocycles. The number of carbonyl (C=O) groups excluding carboxylic acids is 1. The molecule has 0 spiro atoms. The topological polar surface area (TPSA) is 70.7 Å². The summed E-state index contributed by atoms with van der Waals surface area (Å²) in [7, 11) is 0. The minimum absolute atomic E-state index is 0.196. The summed E-state index contributed by atoms with van der Waals surface area (Å²) in [5, 5.41) is 11.7. The van der Waals surface area contributed by atoms with Gasteiger partial charge in [-0.1, -0.05) is 5.21 Å². The van der Waals surface area contributed by atoms with E-state index in [0.717, 1.165) is 0 Å². The van der Waals surface area contributed by atoms with Gasteiger partial charge in [-0.25, -0.2) is 0 Å². The Hall–Kier alpha value is -1.39. The summed E-state index contributed by atoms with van der Waals surface area (Å²) in [5.41, 5.74) is 0.196. The molecule has 5 heteroatoms. The second-order valence-corrected chi connectivity index (χ2v) is 1.64. The normalized spacial score (nSPS) is 9.30. The molecular weight excluding hydrogens is 132 g/mol. The first-order valence-electron chi connectivity index (χ1n) is 2.91. The van der Waals surface area contributed by atoms with Crippen molar-refractivity contribution in [2.45, 2.75) is 6.92 Å². The molecule has 1 rings (SSSR count). The van der Waals surface area contributed by atoms with E-state index in [1.165, 1.54) is 0 Å². The van der Waals surface area contributed by atoms with Crippen molar-refractivity contribution in [3.8, 4) is 0 Å². The number of amides is 1. The average Bonchev–Trinajstić information content (AvgIpc) is 2.38. The van der Waals surface area contributed by atoms with E-state index in [0.29, 0.717) is 6.54 Å². The number of aromatic amines is 1. The number of hydrogen-bond acceptors (Lipinski definition) is 3. The lowest BCUT2D eigenvalue weighted by Crippen LogP contribution is -2.22. The van der Waals surface area contributed by atoms with Crippen LogP contribution in [0.1, 0.15) is 17.4 Å². The summed E-state index contributed by atoms with van der Waals surface area (Å²) in [6, 6.07) is 0. The standard InChI is InChI=1S/C5H7N4O/c1-2-6-5(10)4-3-7-9-8-4/h2H2,1H3,(H,6,10)(H,7,8,9). The molecule has 0 aliphatic rings. The first-order chi connectivity index (χ1) is 4.84. The first kappa shape index (κ1) is 6.73. The Bertz CT molecular complexity index is 205. The summed E-state index contributed by atoms with van der Waals surface area (Å²) in [5.74, 6) is -0.253. The molecule has 0 bridgehead atoms. The Morgan fingerprint density at radius 3 is 3.20 bits per heavy atom. The van der Waals surface area contributed by atoms with Crippen molar-refractivity contribution in [3.05, 3.63) is 11.9 Å². The zero-order valence-corrected chi connectivity index (χ0v) is 5.51. The van der Waals surface area contributed by atoms with Gasteiger partial charge in [0.15, 0.2) is 5.69 Å². The highest BCUT2D eigenvalue weighted by Gasteiger charge is 2.05. The van der Waals surface area contributed by atoms with Crippen molar-refractivity contribution < 1.29 is 4.79 Å². The molecule has 5 nitrogen and oxygen atoms in total. The van der Waals surface area contributed by atoms with E-state index in [-0.39, 0.29) is 11.6 Å². The molecule has 0 aliphatic carbocycles. The fourth-order valence-electron chi connectivity index (χ4n) is 0.524. The van der Waals surface area contributed by atoms with Crippen LogP contribution in [0.15, 0.2) is 0 Å². The molecule has 2 N–H and O–H groups in total. The largest absolute Gasteiger partial charge is 0.351 e. The summed E-state index contributed by atoms with van der Waals surface area (Å²) in [6.07, 6.45) is 2.46. The zero-order chi connectivity index (χ0) is 7.40. The quantitative estimate of drug-likeness (QED) is 0.572. The molecule has 1 radical (unpaired) electrons. The van der Waals surface area contributed by atoms with Gasteiger partial charge in [0.1, 0.15) is 6.20 Å². The number of rotatable bonds is 2. The van der Waals surface area contributed by atoms with Crippen molar-refractivity contribution in [2.75, 3.05) is 6.54 Å². The monoisotopic (exact) mass is 139 g/mol. The van der Waals surface area contributed by atoms with E-state index in [1.807, 2.05) is 6.92 Å². The van der Waals surface area contributed by atoms with Gasteiger partial charge in [0.2, 0.25) is 0 Å². The van der Waals surface area contributed by atoms with Crippen LogP contribution < -0.4 is 5.32 Å². The molecule has 10 heavy (non-hydrogen) atoms. The number of aromatic nitrogens is 3. The van der Waals surface area contributed by atoms with Crippen molar-refractivity contribution in [1.29, 1.82) is 0 Å². The van der Waals surface area contributed by atoms with Gasteiger partial charge in [0.05, 0.1) is 0 Å². The molecule has 1 heterocycles. The second kappa shape index (κ2) is 2.95. The molecule has 0 aliphatic heterocycles. The van der Waals surface area contributed by atoms with Crippen LogP contribution in [0.2, 0.25) is 0 Å². The first-order valence-corrected chi connectivity index (χ1v) is 2.91. The number of nitrogens with one attached hydrogen (secondary N) is 2. The van der Waals surface area contributed by atoms with Crippen LogP contribution in [0.3, 0.4) is 0 Å². The molecule has 1 amide bonds. The molecule has 0 saturated heterocycles. The van der Waals surface area contributed by atoms with Gasteiger partial charge in [-0.15, -0.1) is 5.10 Å². The highest BCUT2D eigenvalue weighted by Crippen LogP contribution is 1.84. The molecule has 0 unspecified atom stereocenters. The fraction of sp³-hybridized carbons (Fsp3) is 0.400. The van der Waals surface area contributed by atoms with Gasteiger partial charge in [-0.05, 0) is 6.92 Å². The zero-order valence-electron chi connectivity index (χ0n) is 5.51. The Morgan fingerprint density at radius 1 is 1.90 bits per heavy atom. The van der Waals surface area contributed by atoms with Gasteiger partial charge in [0, 0.05) is 6.54 Å². The smallest absolute Gasteiger partial charge is 0.274 e. The minimum atomic E-state index is -0.253. The van der Waals surface area contributed by atoms with E-state index < -0.39 is 0 Å². The molecular formula is C5H7N4O. The Labute approximate surface area is 57.8 Å². The van der Waals surface area contributed by atoms with Crippen molar-refractivity contribution in [3.63, 3.8) is 0 Å². The number of carbonyl (C=O) groups is 1. The van der Waals surface area contributed by atoms with Crippen LogP contribution in [0.25, 0.3) is 0 Å². The molecule has 0 atom stereocenters. The maximum Gasteiger partial charge on any atom is 0.274 e. The van der Waals surface area contributed by atoms with Crippen molar-refractivity contribution in [1.82, 2.24) is 20.7 Å². The molecule has 0 saturated carbocycles. The van der Waals surface area contributed by atoms with Crippen molar-refractivity contribution in [2.24, 2.45) is 0 Å². The van der Waals surface area contributed by atoms with E-state index in [1.54, 1.807) is 0 Å². The fourth-order valence-corrected chi connectivity index (χ4v) is 0.524. The van der Waals surface area contributed by atoms with Gasteiger partial charge in [-0.3, -0.25) is 9.89 Å². The van der Waals surface area contributed by atoms with E-state index in [9.17, 15) is 4.79 Å². The highest BCUT2D eigenvalue weighted by atomic mass is 16.1. The van der Waals surface area contributed by atoms with E-state index in [4.69, 9.17) is 0 Å². The minimum Gasteiger partial charge on any atom is -0.351 e. The van der Waals surface area contributed by atoms with Crippen LogP contribution in [-0.2, 0) is 0 Å². The predicted octanol–water partition coefficient (Wildman–Crippen LogP) is -0.645. The number of hydrogen-bond donors (Lipinski definition) is 2. The molecule has 1 aromatic rings. The summed E-state index contributed by atoms with van der Waals surface area (Å²) in [4.78, 5) is 10.8. The predicted molar refractivity (Wildman–Crippen MR) is 33.2 cm³/mol. The van der Waals surface area contributed by atoms with Gasteiger partial charge >= 0.3 is 0 Å². The summed E-state index contributed by atoms with van der Waals surface area (Å²) >= 11 is 0. The number of nitrogens with zero attached hydrogens (tertiary/aromatic N) is 2. The maximum absolute atomic E-state index is 10.8. The van der Waals surface area contributed by atoms with Gasteiger partial charge in [0.25, 0.3) is 5.91 Å². The highest BCUT2D eigenvalue weighted by molar-refractivity contribution is 5.91.